The van der Waals surface area contributed by atoms with Crippen molar-refractivity contribution in [3.8, 4) is 6.07 Å². The Morgan fingerprint density at radius 2 is 1.32 bits per heavy atom. The minimum Gasteiger partial charge on any atom is -0.331 e. The fraction of sp³-hybridized carbons (Fsp3) is 0. The molecule has 4 aromatic carbocycles. The average molecular weight is 321 g/mol. The number of anilines is 1. The van der Waals surface area contributed by atoms with E-state index in [0.29, 0.717) is 0 Å². The Hall–Kier alpha value is -3.64. The fourth-order valence-electron chi connectivity index (χ4n) is 2.97. The van der Waals surface area contributed by atoms with Gasteiger partial charge in [0.1, 0.15) is 6.07 Å². The largest absolute Gasteiger partial charge is 0.331 e. The fourth-order valence-corrected chi connectivity index (χ4v) is 2.97. The van der Waals surface area contributed by atoms with Gasteiger partial charge in [0.05, 0.1) is 5.69 Å². The zero-order valence-electron chi connectivity index (χ0n) is 13.5. The van der Waals surface area contributed by atoms with E-state index >= 15 is 0 Å². The van der Waals surface area contributed by atoms with Gasteiger partial charge in [0.15, 0.2) is 0 Å². The second-order valence-corrected chi connectivity index (χ2v) is 5.72. The highest BCUT2D eigenvalue weighted by molar-refractivity contribution is 6.12. The number of nitrogens with zero attached hydrogens (tertiary/aromatic N) is 2. The van der Waals surface area contributed by atoms with Crippen LogP contribution in [-0.2, 0) is 0 Å². The highest BCUT2D eigenvalue weighted by atomic mass is 15.0. The second-order valence-electron chi connectivity index (χ2n) is 5.72. The number of rotatable bonds is 2. The van der Waals surface area contributed by atoms with Crippen molar-refractivity contribution < 1.29 is 0 Å². The third-order valence-electron chi connectivity index (χ3n) is 4.15. The van der Waals surface area contributed by atoms with E-state index in [-0.39, 0.29) is 5.84 Å². The van der Waals surface area contributed by atoms with Gasteiger partial charge < -0.3 is 5.32 Å². The van der Waals surface area contributed by atoms with Gasteiger partial charge in [0.2, 0.25) is 5.84 Å². The molecule has 0 aliphatic heterocycles. The third-order valence-corrected chi connectivity index (χ3v) is 4.15. The van der Waals surface area contributed by atoms with Gasteiger partial charge in [-0.2, -0.15) is 5.26 Å². The van der Waals surface area contributed by atoms with Gasteiger partial charge in [-0.1, -0.05) is 72.8 Å². The number of aliphatic imine (C=N–C) groups is 1. The number of nitrogens with one attached hydrogen (secondary N) is 1. The summed E-state index contributed by atoms with van der Waals surface area (Å²) in [4.78, 5) is 4.55. The van der Waals surface area contributed by atoms with Crippen molar-refractivity contribution in [3.63, 3.8) is 0 Å². The Morgan fingerprint density at radius 3 is 2.08 bits per heavy atom. The van der Waals surface area contributed by atoms with Gasteiger partial charge in [-0.15, -0.1) is 0 Å². The van der Waals surface area contributed by atoms with Crippen molar-refractivity contribution in [2.45, 2.75) is 0 Å². The molecule has 0 unspecified atom stereocenters. The first-order valence-electron chi connectivity index (χ1n) is 8.06. The van der Waals surface area contributed by atoms with Crippen LogP contribution >= 0.6 is 0 Å². The Labute approximate surface area is 145 Å². The van der Waals surface area contributed by atoms with Crippen LogP contribution in [-0.4, -0.2) is 5.84 Å². The number of nitriles is 1. The van der Waals surface area contributed by atoms with Crippen LogP contribution in [0.15, 0.2) is 89.9 Å². The lowest BCUT2D eigenvalue weighted by atomic mass is 10.1. The maximum absolute atomic E-state index is 9.55. The van der Waals surface area contributed by atoms with Crippen LogP contribution in [0.4, 0.5) is 11.4 Å². The smallest absolute Gasteiger partial charge is 0.211 e. The Kier molecular flexibility index (Phi) is 3.86. The highest BCUT2D eigenvalue weighted by Crippen LogP contribution is 2.27. The van der Waals surface area contributed by atoms with Crippen LogP contribution in [0.2, 0.25) is 0 Å². The number of amidine groups is 1. The predicted molar refractivity (Wildman–Crippen MR) is 104 cm³/mol. The molecule has 1 N–H and O–H groups in total. The van der Waals surface area contributed by atoms with E-state index in [0.717, 1.165) is 32.9 Å². The van der Waals surface area contributed by atoms with E-state index in [2.05, 4.69) is 28.5 Å². The summed E-state index contributed by atoms with van der Waals surface area (Å²) in [5.41, 5.74) is 1.65. The van der Waals surface area contributed by atoms with Crippen LogP contribution < -0.4 is 5.32 Å². The molecule has 0 aliphatic rings. The van der Waals surface area contributed by atoms with Crippen LogP contribution in [0.25, 0.3) is 21.5 Å². The topological polar surface area (TPSA) is 48.2 Å². The molecule has 0 saturated carbocycles. The van der Waals surface area contributed by atoms with Gasteiger partial charge in [0, 0.05) is 16.5 Å². The van der Waals surface area contributed by atoms with E-state index in [4.69, 9.17) is 0 Å². The van der Waals surface area contributed by atoms with E-state index < -0.39 is 0 Å². The van der Waals surface area contributed by atoms with Gasteiger partial charge in [0.25, 0.3) is 0 Å². The SMILES string of the molecule is N#CC(=Nc1cccc2ccccc12)Nc1cccc2ccccc12. The van der Waals surface area contributed by atoms with E-state index in [1.807, 2.05) is 72.8 Å². The highest BCUT2D eigenvalue weighted by Gasteiger charge is 2.05. The normalized spacial score (nSPS) is 11.4. The molecule has 0 atom stereocenters. The molecule has 25 heavy (non-hydrogen) atoms. The van der Waals surface area contributed by atoms with Crippen molar-refractivity contribution in [2.75, 3.05) is 5.32 Å². The molecule has 4 rings (SSSR count). The summed E-state index contributed by atoms with van der Waals surface area (Å²) in [7, 11) is 0. The van der Waals surface area contributed by atoms with Gasteiger partial charge >= 0.3 is 0 Å². The summed E-state index contributed by atoms with van der Waals surface area (Å²) < 4.78 is 0. The predicted octanol–water partition coefficient (Wildman–Crippen LogP) is 5.66. The number of hydrogen-bond acceptors (Lipinski definition) is 2. The monoisotopic (exact) mass is 321 g/mol. The number of hydrogen-bond donors (Lipinski definition) is 1. The summed E-state index contributed by atoms with van der Waals surface area (Å²) in [5, 5.41) is 17.0. The van der Waals surface area contributed by atoms with Crippen molar-refractivity contribution >= 4 is 38.8 Å². The lowest BCUT2D eigenvalue weighted by molar-refractivity contribution is 1.49. The molecule has 118 valence electrons. The van der Waals surface area contributed by atoms with Gasteiger partial charge in [-0.25, -0.2) is 4.99 Å². The summed E-state index contributed by atoms with van der Waals surface area (Å²) in [5.74, 6) is 0.271. The van der Waals surface area contributed by atoms with Crippen LogP contribution in [0.5, 0.6) is 0 Å². The number of fused-ring (bicyclic) bond motifs is 2. The molecule has 0 saturated heterocycles. The van der Waals surface area contributed by atoms with Crippen molar-refractivity contribution in [3.05, 3.63) is 84.9 Å². The molecule has 0 heterocycles. The molecular weight excluding hydrogens is 306 g/mol. The quantitative estimate of drug-likeness (QED) is 0.382. The molecule has 0 amide bonds. The molecule has 0 bridgehead atoms. The summed E-state index contributed by atoms with van der Waals surface area (Å²) >= 11 is 0. The van der Waals surface area contributed by atoms with E-state index in [1.165, 1.54) is 0 Å². The Bertz CT molecular complexity index is 1130. The first kappa shape index (κ1) is 14.9. The maximum Gasteiger partial charge on any atom is 0.211 e. The van der Waals surface area contributed by atoms with Crippen molar-refractivity contribution in [1.82, 2.24) is 0 Å². The zero-order valence-corrected chi connectivity index (χ0v) is 13.5. The molecular formula is C22H15N3. The van der Waals surface area contributed by atoms with Gasteiger partial charge in [-0.05, 0) is 22.9 Å². The molecule has 0 aliphatic carbocycles. The molecule has 0 radical (unpaired) electrons. The average Bonchev–Trinajstić information content (AvgIpc) is 2.68. The van der Waals surface area contributed by atoms with Gasteiger partial charge in [-0.3, -0.25) is 0 Å². The number of benzene rings is 4. The third kappa shape index (κ3) is 2.93. The first-order valence-corrected chi connectivity index (χ1v) is 8.06. The maximum atomic E-state index is 9.55. The molecule has 0 fully saturated rings. The lowest BCUT2D eigenvalue weighted by Gasteiger charge is -2.08. The van der Waals surface area contributed by atoms with Crippen LogP contribution in [0, 0.1) is 11.3 Å². The lowest BCUT2D eigenvalue weighted by Crippen LogP contribution is -2.09. The zero-order chi connectivity index (χ0) is 17.1. The molecule has 3 heteroatoms. The minimum atomic E-state index is 0.271. The molecule has 0 aromatic heterocycles. The first-order chi connectivity index (χ1) is 12.3. The summed E-state index contributed by atoms with van der Waals surface area (Å²) in [6.45, 7) is 0. The molecule has 0 spiro atoms. The summed E-state index contributed by atoms with van der Waals surface area (Å²) in [6.07, 6.45) is 0. The molecule has 3 nitrogen and oxygen atoms in total. The van der Waals surface area contributed by atoms with Crippen LogP contribution in [0.3, 0.4) is 0 Å². The van der Waals surface area contributed by atoms with E-state index in [9.17, 15) is 5.26 Å². The molecule has 4 aromatic rings. The second kappa shape index (κ2) is 6.46. The summed E-state index contributed by atoms with van der Waals surface area (Å²) in [6, 6.07) is 30.2. The minimum absolute atomic E-state index is 0.271. The van der Waals surface area contributed by atoms with E-state index in [1.54, 1.807) is 0 Å². The Balaban J connectivity index is 1.77. The van der Waals surface area contributed by atoms with Crippen LogP contribution in [0.1, 0.15) is 0 Å². The Morgan fingerprint density at radius 1 is 0.720 bits per heavy atom. The van der Waals surface area contributed by atoms with Crippen molar-refractivity contribution in [1.29, 1.82) is 5.26 Å². The van der Waals surface area contributed by atoms with Crippen molar-refractivity contribution in [2.24, 2.45) is 4.99 Å². The standard InChI is InChI=1S/C22H15N3/c23-15-22(24-20-13-5-9-16-7-1-3-11-18(16)20)25-21-14-6-10-17-8-2-4-12-19(17)21/h1-14H,(H,24,25).